The van der Waals surface area contributed by atoms with Crippen LogP contribution in [0.5, 0.6) is 0 Å². The number of aromatic nitrogens is 3. The van der Waals surface area contributed by atoms with Crippen molar-refractivity contribution in [2.75, 3.05) is 5.32 Å². The van der Waals surface area contributed by atoms with Crippen molar-refractivity contribution in [2.24, 2.45) is 0 Å². The van der Waals surface area contributed by atoms with Crippen molar-refractivity contribution in [2.45, 2.75) is 25.7 Å². The van der Waals surface area contributed by atoms with Crippen LogP contribution in [-0.4, -0.2) is 26.6 Å². The first-order chi connectivity index (χ1) is 15.7. The first-order valence-electron chi connectivity index (χ1n) is 9.73. The molecule has 0 aliphatic heterocycles. The van der Waals surface area contributed by atoms with Crippen LogP contribution >= 0.6 is 0 Å². The minimum atomic E-state index is -4.79. The Balaban J connectivity index is 1.61. The zero-order valence-corrected chi connectivity index (χ0v) is 17.2. The number of aryl methyl sites for hydroxylation is 1. The number of hydrogen-bond donors (Lipinski definition) is 1. The Bertz CT molecular complexity index is 1300. The maximum absolute atomic E-state index is 13.5. The van der Waals surface area contributed by atoms with E-state index in [2.05, 4.69) is 15.5 Å². The Morgan fingerprint density at radius 3 is 2.48 bits per heavy atom. The molecule has 0 aliphatic carbocycles. The molecule has 0 spiro atoms. The largest absolute Gasteiger partial charge is 0.449 e. The lowest BCUT2D eigenvalue weighted by Gasteiger charge is -2.18. The highest BCUT2D eigenvalue weighted by Crippen LogP contribution is 2.31. The van der Waals surface area contributed by atoms with Crippen LogP contribution in [0.2, 0.25) is 0 Å². The van der Waals surface area contributed by atoms with Gasteiger partial charge < -0.3 is 19.1 Å². The third-order valence-electron chi connectivity index (χ3n) is 4.66. The third-order valence-corrected chi connectivity index (χ3v) is 4.66. The molecule has 1 N–H and O–H groups in total. The molecule has 4 aromatic rings. The average molecular weight is 458 g/mol. The number of carbonyl (C=O) groups excluding carboxylic acids is 2. The SMILES string of the molecule is Cc1cc(NC(=O)[C@@H](OC(=O)Cn2c(C(F)(F)F)nc3ccccc32)c2ccccc2)no1. The van der Waals surface area contributed by atoms with Gasteiger partial charge in [0.25, 0.3) is 5.91 Å². The maximum atomic E-state index is 13.5. The standard InChI is InChI=1S/C22H17F3N4O4/c1-13-11-17(28-33-13)27-20(31)19(14-7-3-2-4-8-14)32-18(30)12-29-16-10-6-5-9-15(16)26-21(29)22(23,24)25/h2-11,19H,12H2,1H3,(H,27,28,31)/t19-/m0/s1. The number of fused-ring (bicyclic) bond motifs is 1. The molecule has 1 amide bonds. The normalized spacial score (nSPS) is 12.5. The fourth-order valence-electron chi connectivity index (χ4n) is 3.27. The van der Waals surface area contributed by atoms with E-state index in [4.69, 9.17) is 9.26 Å². The molecular formula is C22H17F3N4O4. The number of nitrogens with zero attached hydrogens (tertiary/aromatic N) is 3. The number of imidazole rings is 1. The molecule has 2 aromatic heterocycles. The number of anilines is 1. The number of hydrogen-bond acceptors (Lipinski definition) is 6. The zero-order valence-electron chi connectivity index (χ0n) is 17.2. The second-order valence-electron chi connectivity index (χ2n) is 7.10. The van der Waals surface area contributed by atoms with Crippen molar-refractivity contribution >= 4 is 28.7 Å². The van der Waals surface area contributed by atoms with E-state index in [1.807, 2.05) is 0 Å². The summed E-state index contributed by atoms with van der Waals surface area (Å²) in [7, 11) is 0. The van der Waals surface area contributed by atoms with Crippen LogP contribution in [0.4, 0.5) is 19.0 Å². The highest BCUT2D eigenvalue weighted by molar-refractivity contribution is 5.95. The first kappa shape index (κ1) is 22.1. The van der Waals surface area contributed by atoms with E-state index in [1.54, 1.807) is 43.3 Å². The van der Waals surface area contributed by atoms with Gasteiger partial charge >= 0.3 is 12.1 Å². The van der Waals surface area contributed by atoms with Gasteiger partial charge in [-0.1, -0.05) is 47.6 Å². The van der Waals surface area contributed by atoms with E-state index < -0.39 is 36.5 Å². The van der Waals surface area contributed by atoms with E-state index >= 15 is 0 Å². The smallest absolute Gasteiger partial charge is 0.446 e. The average Bonchev–Trinajstić information content (AvgIpc) is 3.36. The quantitative estimate of drug-likeness (QED) is 0.433. The lowest BCUT2D eigenvalue weighted by molar-refractivity contribution is -0.157. The summed E-state index contributed by atoms with van der Waals surface area (Å²) in [6.45, 7) is 0.833. The number of esters is 1. The Kier molecular flexibility index (Phi) is 5.86. The Labute approximate surface area is 185 Å². The van der Waals surface area contributed by atoms with Gasteiger partial charge in [0.1, 0.15) is 12.3 Å². The number of benzene rings is 2. The van der Waals surface area contributed by atoms with Gasteiger partial charge in [0.15, 0.2) is 5.82 Å². The van der Waals surface area contributed by atoms with Crippen LogP contribution in [0.1, 0.15) is 23.3 Å². The van der Waals surface area contributed by atoms with Crippen LogP contribution in [0.3, 0.4) is 0 Å². The van der Waals surface area contributed by atoms with Gasteiger partial charge in [0.2, 0.25) is 11.9 Å². The molecule has 1 atom stereocenters. The molecule has 0 aliphatic rings. The lowest BCUT2D eigenvalue weighted by Crippen LogP contribution is -2.28. The van der Waals surface area contributed by atoms with E-state index in [9.17, 15) is 22.8 Å². The number of halogens is 3. The van der Waals surface area contributed by atoms with Crippen LogP contribution in [-0.2, 0) is 27.0 Å². The highest BCUT2D eigenvalue weighted by atomic mass is 19.4. The summed E-state index contributed by atoms with van der Waals surface area (Å²) in [6.07, 6.45) is -6.22. The summed E-state index contributed by atoms with van der Waals surface area (Å²) < 4.78 is 51.5. The molecule has 0 radical (unpaired) electrons. The molecule has 0 fully saturated rings. The van der Waals surface area contributed by atoms with Gasteiger partial charge in [0.05, 0.1) is 11.0 Å². The van der Waals surface area contributed by atoms with Gasteiger partial charge in [0, 0.05) is 11.6 Å². The van der Waals surface area contributed by atoms with Crippen LogP contribution < -0.4 is 5.32 Å². The van der Waals surface area contributed by atoms with Gasteiger partial charge in [-0.3, -0.25) is 9.59 Å². The molecule has 8 nitrogen and oxygen atoms in total. The predicted molar refractivity (Wildman–Crippen MR) is 110 cm³/mol. The van der Waals surface area contributed by atoms with Crippen molar-refractivity contribution in [3.8, 4) is 0 Å². The molecule has 33 heavy (non-hydrogen) atoms. The predicted octanol–water partition coefficient (Wildman–Crippen LogP) is 4.27. The number of nitrogens with one attached hydrogen (secondary N) is 1. The minimum absolute atomic E-state index is 0.0800. The van der Waals surface area contributed by atoms with Gasteiger partial charge in [-0.2, -0.15) is 13.2 Å². The fourth-order valence-corrected chi connectivity index (χ4v) is 3.27. The zero-order chi connectivity index (χ0) is 23.6. The molecule has 0 saturated carbocycles. The van der Waals surface area contributed by atoms with E-state index in [0.29, 0.717) is 11.3 Å². The van der Waals surface area contributed by atoms with Gasteiger partial charge in [-0.25, -0.2) is 4.98 Å². The third kappa shape index (κ3) is 4.86. The molecular weight excluding hydrogens is 441 g/mol. The summed E-state index contributed by atoms with van der Waals surface area (Å²) in [5.74, 6) is -2.47. The minimum Gasteiger partial charge on any atom is -0.446 e. The fraction of sp³-hybridized carbons (Fsp3) is 0.182. The number of alkyl halides is 3. The number of rotatable bonds is 6. The second-order valence-corrected chi connectivity index (χ2v) is 7.10. The monoisotopic (exact) mass is 458 g/mol. The van der Waals surface area contributed by atoms with E-state index in [-0.39, 0.29) is 16.9 Å². The topological polar surface area (TPSA) is 99.2 Å². The number of para-hydroxylation sites is 2. The van der Waals surface area contributed by atoms with Crippen LogP contribution in [0.15, 0.2) is 65.2 Å². The summed E-state index contributed by atoms with van der Waals surface area (Å²) >= 11 is 0. The number of carbonyl (C=O) groups is 2. The molecule has 0 unspecified atom stereocenters. The van der Waals surface area contributed by atoms with Crippen molar-refractivity contribution in [3.05, 3.63) is 77.8 Å². The van der Waals surface area contributed by atoms with Crippen molar-refractivity contribution in [3.63, 3.8) is 0 Å². The van der Waals surface area contributed by atoms with Gasteiger partial charge in [-0.15, -0.1) is 0 Å². The summed E-state index contributed by atoms with van der Waals surface area (Å²) in [4.78, 5) is 29.2. The van der Waals surface area contributed by atoms with E-state index in [1.165, 1.54) is 24.3 Å². The second kappa shape index (κ2) is 8.77. The number of amides is 1. The molecule has 0 saturated heterocycles. The highest BCUT2D eigenvalue weighted by Gasteiger charge is 2.38. The van der Waals surface area contributed by atoms with Crippen LogP contribution in [0.25, 0.3) is 11.0 Å². The molecule has 11 heteroatoms. The Morgan fingerprint density at radius 1 is 1.12 bits per heavy atom. The molecule has 0 bridgehead atoms. The molecule has 2 aromatic carbocycles. The molecule has 2 heterocycles. The van der Waals surface area contributed by atoms with Crippen LogP contribution in [0, 0.1) is 6.92 Å². The first-order valence-corrected chi connectivity index (χ1v) is 9.73. The van der Waals surface area contributed by atoms with Crippen molar-refractivity contribution in [1.29, 1.82) is 0 Å². The summed E-state index contributed by atoms with van der Waals surface area (Å²) in [5.41, 5.74) is 0.520. The Morgan fingerprint density at radius 2 is 1.82 bits per heavy atom. The summed E-state index contributed by atoms with van der Waals surface area (Å²) in [6, 6.07) is 15.4. The van der Waals surface area contributed by atoms with Crippen molar-refractivity contribution < 1.29 is 32.0 Å². The Hall–Kier alpha value is -4.15. The molecule has 170 valence electrons. The maximum Gasteiger partial charge on any atom is 0.449 e. The molecule has 4 rings (SSSR count). The van der Waals surface area contributed by atoms with Gasteiger partial charge in [-0.05, 0) is 19.1 Å². The lowest BCUT2D eigenvalue weighted by atomic mass is 10.1. The number of ether oxygens (including phenoxy) is 1. The van der Waals surface area contributed by atoms with E-state index in [0.717, 1.165) is 4.57 Å². The van der Waals surface area contributed by atoms with Crippen molar-refractivity contribution in [1.82, 2.24) is 14.7 Å². The summed E-state index contributed by atoms with van der Waals surface area (Å²) in [5, 5.41) is 6.13.